The first-order chi connectivity index (χ1) is 14.9. The number of carbonyl (C=O) groups is 1. The van der Waals surface area contributed by atoms with Gasteiger partial charge < -0.3 is 14.6 Å². The molecule has 1 aliphatic heterocycles. The molecule has 1 atom stereocenters. The molecule has 0 spiro atoms. The minimum Gasteiger partial charge on any atom is -0.420 e. The Bertz CT molecular complexity index is 1020. The molecule has 2 aromatic carbocycles. The van der Waals surface area contributed by atoms with Gasteiger partial charge in [-0.3, -0.25) is 0 Å². The lowest BCUT2D eigenvalue weighted by Gasteiger charge is -2.31. The van der Waals surface area contributed by atoms with E-state index < -0.39 is 11.7 Å². The quantitative estimate of drug-likeness (QED) is 0.643. The number of hydrogen-bond donors (Lipinski definition) is 1. The van der Waals surface area contributed by atoms with Gasteiger partial charge in [0.15, 0.2) is 0 Å². The van der Waals surface area contributed by atoms with Crippen LogP contribution in [0.3, 0.4) is 0 Å². The molecule has 3 aromatic rings. The van der Waals surface area contributed by atoms with Gasteiger partial charge in [-0.2, -0.15) is 13.2 Å². The predicted octanol–water partition coefficient (Wildman–Crippen LogP) is 4.84. The van der Waals surface area contributed by atoms with Crippen molar-refractivity contribution < 1.29 is 22.4 Å². The molecule has 1 N–H and O–H groups in total. The molecule has 162 valence electrons. The van der Waals surface area contributed by atoms with Gasteiger partial charge in [-0.1, -0.05) is 30.3 Å². The summed E-state index contributed by atoms with van der Waals surface area (Å²) >= 11 is 0. The Morgan fingerprint density at radius 2 is 1.84 bits per heavy atom. The van der Waals surface area contributed by atoms with Crippen molar-refractivity contribution in [3.63, 3.8) is 0 Å². The molecule has 1 saturated heterocycles. The van der Waals surface area contributed by atoms with Crippen LogP contribution >= 0.6 is 0 Å². The van der Waals surface area contributed by atoms with E-state index in [0.717, 1.165) is 30.5 Å². The average Bonchev–Trinajstić information content (AvgIpc) is 3.28. The van der Waals surface area contributed by atoms with Gasteiger partial charge in [-0.25, -0.2) is 4.79 Å². The van der Waals surface area contributed by atoms with E-state index in [1.165, 1.54) is 12.1 Å². The first-order valence-corrected chi connectivity index (χ1v) is 9.98. The summed E-state index contributed by atoms with van der Waals surface area (Å²) in [7, 11) is 0. The van der Waals surface area contributed by atoms with Crippen LogP contribution in [0.2, 0.25) is 0 Å². The minimum absolute atomic E-state index is 0.119. The maximum Gasteiger partial charge on any atom is 0.416 e. The first kappa shape index (κ1) is 20.9. The van der Waals surface area contributed by atoms with E-state index >= 15 is 0 Å². The number of benzene rings is 2. The van der Waals surface area contributed by atoms with Gasteiger partial charge in [0.2, 0.25) is 11.8 Å². The molecule has 4 rings (SSSR count). The van der Waals surface area contributed by atoms with Crippen molar-refractivity contribution >= 4 is 6.03 Å². The minimum atomic E-state index is -4.40. The molecule has 0 aliphatic carbocycles. The van der Waals surface area contributed by atoms with Crippen LogP contribution in [0.15, 0.2) is 59.0 Å². The van der Waals surface area contributed by atoms with Gasteiger partial charge in [0.05, 0.1) is 11.5 Å². The number of urea groups is 1. The summed E-state index contributed by atoms with van der Waals surface area (Å²) < 4.78 is 43.9. The summed E-state index contributed by atoms with van der Waals surface area (Å²) in [6.45, 7) is 1.52. The fourth-order valence-electron chi connectivity index (χ4n) is 3.57. The third-order valence-electron chi connectivity index (χ3n) is 5.24. The van der Waals surface area contributed by atoms with Crippen LogP contribution in [0, 0.1) is 0 Å². The van der Waals surface area contributed by atoms with Crippen LogP contribution in [0.1, 0.15) is 35.8 Å². The highest BCUT2D eigenvalue weighted by Crippen LogP contribution is 2.32. The largest absolute Gasteiger partial charge is 0.420 e. The monoisotopic (exact) mass is 430 g/mol. The van der Waals surface area contributed by atoms with E-state index in [4.69, 9.17) is 4.42 Å². The molecule has 2 heterocycles. The SMILES string of the molecule is O=C(NCc1ccccc1)N1CCCC(c2nnc(-c3ccc(C(F)(F)F)cc3)o2)C1. The Kier molecular flexibility index (Phi) is 5.92. The van der Waals surface area contributed by atoms with Gasteiger partial charge in [-0.15, -0.1) is 10.2 Å². The van der Waals surface area contributed by atoms with Crippen LogP contribution in [-0.2, 0) is 12.7 Å². The van der Waals surface area contributed by atoms with Crippen LogP contribution in [0.5, 0.6) is 0 Å². The molecule has 1 aliphatic rings. The summed E-state index contributed by atoms with van der Waals surface area (Å²) in [5.74, 6) is 0.428. The van der Waals surface area contributed by atoms with E-state index in [0.29, 0.717) is 31.1 Å². The number of amides is 2. The number of aromatic nitrogens is 2. The van der Waals surface area contributed by atoms with Crippen LogP contribution in [0.25, 0.3) is 11.5 Å². The number of alkyl halides is 3. The molecule has 31 heavy (non-hydrogen) atoms. The van der Waals surface area contributed by atoms with Crippen molar-refractivity contribution in [2.75, 3.05) is 13.1 Å². The average molecular weight is 430 g/mol. The standard InChI is InChI=1S/C22H21F3N4O2/c23-22(24,25)18-10-8-16(9-11-18)19-27-28-20(31-19)17-7-4-12-29(14-17)21(30)26-13-15-5-2-1-3-6-15/h1-3,5-6,8-11,17H,4,7,12-14H2,(H,26,30). The second-order valence-electron chi connectivity index (χ2n) is 7.45. The molecule has 0 radical (unpaired) electrons. The number of rotatable bonds is 4. The Morgan fingerprint density at radius 1 is 1.10 bits per heavy atom. The van der Waals surface area contributed by atoms with E-state index in [1.54, 1.807) is 4.90 Å². The summed E-state index contributed by atoms with van der Waals surface area (Å²) in [6.07, 6.45) is -2.82. The van der Waals surface area contributed by atoms with Crippen LogP contribution in [0.4, 0.5) is 18.0 Å². The van der Waals surface area contributed by atoms with Gasteiger partial charge in [0, 0.05) is 25.2 Å². The zero-order chi connectivity index (χ0) is 21.8. The summed E-state index contributed by atoms with van der Waals surface area (Å²) in [5.41, 5.74) is 0.697. The lowest BCUT2D eigenvalue weighted by molar-refractivity contribution is -0.137. The smallest absolute Gasteiger partial charge is 0.416 e. The van der Waals surface area contributed by atoms with E-state index in [9.17, 15) is 18.0 Å². The lowest BCUT2D eigenvalue weighted by Crippen LogP contribution is -2.44. The molecule has 0 saturated carbocycles. The van der Waals surface area contributed by atoms with Crippen molar-refractivity contribution in [2.45, 2.75) is 31.5 Å². The Hall–Kier alpha value is -3.36. The Morgan fingerprint density at radius 3 is 2.55 bits per heavy atom. The van der Waals surface area contributed by atoms with Crippen molar-refractivity contribution in [3.8, 4) is 11.5 Å². The molecular formula is C22H21F3N4O2. The summed E-state index contributed by atoms with van der Waals surface area (Å²) in [6, 6.07) is 14.1. The second-order valence-corrected chi connectivity index (χ2v) is 7.45. The molecule has 1 aromatic heterocycles. The van der Waals surface area contributed by atoms with Crippen molar-refractivity contribution in [1.82, 2.24) is 20.4 Å². The number of hydrogen-bond acceptors (Lipinski definition) is 4. The van der Waals surface area contributed by atoms with Gasteiger partial charge >= 0.3 is 12.2 Å². The molecule has 0 bridgehead atoms. The fraction of sp³-hybridized carbons (Fsp3) is 0.318. The molecular weight excluding hydrogens is 409 g/mol. The number of nitrogens with zero attached hydrogens (tertiary/aromatic N) is 3. The van der Waals surface area contributed by atoms with E-state index in [-0.39, 0.29) is 17.8 Å². The maximum atomic E-state index is 12.7. The van der Waals surface area contributed by atoms with Crippen molar-refractivity contribution in [2.24, 2.45) is 0 Å². The number of piperidine rings is 1. The maximum absolute atomic E-state index is 12.7. The summed E-state index contributed by atoms with van der Waals surface area (Å²) in [5, 5.41) is 11.0. The zero-order valence-electron chi connectivity index (χ0n) is 16.6. The highest BCUT2D eigenvalue weighted by atomic mass is 19.4. The topological polar surface area (TPSA) is 71.3 Å². The number of halogens is 3. The molecule has 9 heteroatoms. The fourth-order valence-corrected chi connectivity index (χ4v) is 3.57. The van der Waals surface area contributed by atoms with Crippen LogP contribution in [-0.4, -0.2) is 34.2 Å². The first-order valence-electron chi connectivity index (χ1n) is 9.98. The van der Waals surface area contributed by atoms with Gasteiger partial charge in [0.25, 0.3) is 0 Å². The highest BCUT2D eigenvalue weighted by Gasteiger charge is 2.31. The zero-order valence-corrected chi connectivity index (χ0v) is 16.6. The van der Waals surface area contributed by atoms with Gasteiger partial charge in [0.1, 0.15) is 0 Å². The number of nitrogens with one attached hydrogen (secondary N) is 1. The Balaban J connectivity index is 1.38. The predicted molar refractivity (Wildman–Crippen MR) is 107 cm³/mol. The Labute approximate surface area is 177 Å². The molecule has 6 nitrogen and oxygen atoms in total. The van der Waals surface area contributed by atoms with E-state index in [1.807, 2.05) is 30.3 Å². The summed E-state index contributed by atoms with van der Waals surface area (Å²) in [4.78, 5) is 14.3. The van der Waals surface area contributed by atoms with Crippen molar-refractivity contribution in [3.05, 3.63) is 71.6 Å². The number of carbonyl (C=O) groups excluding carboxylic acids is 1. The van der Waals surface area contributed by atoms with E-state index in [2.05, 4.69) is 15.5 Å². The van der Waals surface area contributed by atoms with Gasteiger partial charge in [-0.05, 0) is 42.7 Å². The number of likely N-dealkylation sites (tertiary alicyclic amines) is 1. The normalized spacial score (nSPS) is 16.9. The van der Waals surface area contributed by atoms with Crippen LogP contribution < -0.4 is 5.32 Å². The molecule has 1 unspecified atom stereocenters. The van der Waals surface area contributed by atoms with Crippen molar-refractivity contribution in [1.29, 1.82) is 0 Å². The second kappa shape index (κ2) is 8.79. The third kappa shape index (κ3) is 5.04. The lowest BCUT2D eigenvalue weighted by atomic mass is 9.98. The highest BCUT2D eigenvalue weighted by molar-refractivity contribution is 5.74. The third-order valence-corrected chi connectivity index (χ3v) is 5.24. The molecule has 2 amide bonds. The molecule has 1 fully saturated rings.